The van der Waals surface area contributed by atoms with E-state index in [0.29, 0.717) is 6.54 Å². The Morgan fingerprint density at radius 2 is 2.24 bits per heavy atom. The van der Waals surface area contributed by atoms with Gasteiger partial charge in [-0.05, 0) is 32.0 Å². The Morgan fingerprint density at radius 1 is 1.43 bits per heavy atom. The van der Waals surface area contributed by atoms with Crippen molar-refractivity contribution < 1.29 is 9.84 Å². The molecule has 0 radical (unpaired) electrons. The van der Waals surface area contributed by atoms with Crippen LogP contribution in [0.5, 0.6) is 0 Å². The van der Waals surface area contributed by atoms with Crippen molar-refractivity contribution in [3.05, 3.63) is 28.8 Å². The first kappa shape index (κ1) is 16.6. The lowest BCUT2D eigenvalue weighted by Gasteiger charge is -2.38. The number of halogens is 1. The SMILES string of the molecule is CCCNCc1c(Cl)cccc1N1CC(C)OC(CO)C1. The second-order valence-corrected chi connectivity index (χ2v) is 5.98. The Kier molecular flexibility index (Phi) is 6.30. The number of hydrogen-bond donors (Lipinski definition) is 2. The Hall–Kier alpha value is -0.810. The van der Waals surface area contributed by atoms with Crippen LogP contribution >= 0.6 is 11.6 Å². The average molecular weight is 313 g/mol. The predicted octanol–water partition coefficient (Wildman–Crippen LogP) is 2.43. The maximum atomic E-state index is 9.38. The summed E-state index contributed by atoms with van der Waals surface area (Å²) in [4.78, 5) is 2.27. The van der Waals surface area contributed by atoms with E-state index in [2.05, 4.69) is 23.2 Å². The van der Waals surface area contributed by atoms with Crippen molar-refractivity contribution in [3.63, 3.8) is 0 Å². The minimum absolute atomic E-state index is 0.0465. The monoisotopic (exact) mass is 312 g/mol. The molecule has 2 unspecified atom stereocenters. The molecule has 0 aliphatic carbocycles. The van der Waals surface area contributed by atoms with E-state index in [1.54, 1.807) is 0 Å². The number of nitrogens with zero attached hydrogens (tertiary/aromatic N) is 1. The first-order valence-electron chi connectivity index (χ1n) is 7.65. The van der Waals surface area contributed by atoms with E-state index in [1.807, 2.05) is 19.1 Å². The van der Waals surface area contributed by atoms with Crippen LogP contribution in [-0.4, -0.2) is 43.6 Å². The molecule has 0 spiro atoms. The molecule has 4 nitrogen and oxygen atoms in total. The second kappa shape index (κ2) is 7.99. The summed E-state index contributed by atoms with van der Waals surface area (Å²) < 4.78 is 5.72. The van der Waals surface area contributed by atoms with Crippen LogP contribution in [0, 0.1) is 0 Å². The molecule has 1 aliphatic rings. The molecule has 2 rings (SSSR count). The van der Waals surface area contributed by atoms with Crippen LogP contribution in [0.15, 0.2) is 18.2 Å². The normalized spacial score (nSPS) is 22.6. The van der Waals surface area contributed by atoms with Gasteiger partial charge in [-0.25, -0.2) is 0 Å². The van der Waals surface area contributed by atoms with Gasteiger partial charge in [0.15, 0.2) is 0 Å². The molecule has 0 amide bonds. The zero-order valence-electron chi connectivity index (χ0n) is 12.8. The number of aliphatic hydroxyl groups is 1. The first-order chi connectivity index (χ1) is 10.2. The van der Waals surface area contributed by atoms with Gasteiger partial charge in [-0.1, -0.05) is 24.6 Å². The van der Waals surface area contributed by atoms with Gasteiger partial charge in [-0.15, -0.1) is 0 Å². The molecule has 1 aromatic carbocycles. The van der Waals surface area contributed by atoms with Crippen LogP contribution in [0.4, 0.5) is 5.69 Å². The van der Waals surface area contributed by atoms with Crippen LogP contribution in [0.3, 0.4) is 0 Å². The molecular weight excluding hydrogens is 288 g/mol. The van der Waals surface area contributed by atoms with Crippen molar-refractivity contribution in [2.24, 2.45) is 0 Å². The first-order valence-corrected chi connectivity index (χ1v) is 8.02. The lowest BCUT2D eigenvalue weighted by Crippen LogP contribution is -2.48. The highest BCUT2D eigenvalue weighted by atomic mass is 35.5. The van der Waals surface area contributed by atoms with Crippen molar-refractivity contribution in [1.82, 2.24) is 5.32 Å². The summed E-state index contributed by atoms with van der Waals surface area (Å²) in [5.41, 5.74) is 2.26. The number of anilines is 1. The third-order valence-electron chi connectivity index (χ3n) is 3.69. The van der Waals surface area contributed by atoms with Gasteiger partial charge in [-0.2, -0.15) is 0 Å². The Bertz CT molecular complexity index is 456. The minimum Gasteiger partial charge on any atom is -0.394 e. The molecule has 21 heavy (non-hydrogen) atoms. The Labute approximate surface area is 132 Å². The van der Waals surface area contributed by atoms with E-state index < -0.39 is 0 Å². The largest absolute Gasteiger partial charge is 0.394 e. The van der Waals surface area contributed by atoms with Gasteiger partial charge in [0.25, 0.3) is 0 Å². The zero-order valence-corrected chi connectivity index (χ0v) is 13.6. The molecule has 5 heteroatoms. The molecule has 1 heterocycles. The standard InChI is InChI=1S/C16H25ClN2O2/c1-3-7-18-8-14-15(17)5-4-6-16(14)19-9-12(2)21-13(10-19)11-20/h4-6,12-13,18,20H,3,7-11H2,1-2H3. The van der Waals surface area contributed by atoms with Gasteiger partial charge in [-0.3, -0.25) is 0 Å². The van der Waals surface area contributed by atoms with Crippen LogP contribution < -0.4 is 10.2 Å². The zero-order chi connectivity index (χ0) is 15.2. The highest BCUT2D eigenvalue weighted by molar-refractivity contribution is 6.31. The van der Waals surface area contributed by atoms with E-state index >= 15 is 0 Å². The number of hydrogen-bond acceptors (Lipinski definition) is 4. The molecular formula is C16H25ClN2O2. The van der Waals surface area contributed by atoms with Crippen LogP contribution in [0.1, 0.15) is 25.8 Å². The number of morpholine rings is 1. The van der Waals surface area contributed by atoms with Gasteiger partial charge in [0.2, 0.25) is 0 Å². The maximum absolute atomic E-state index is 9.38. The number of rotatable bonds is 6. The molecule has 2 N–H and O–H groups in total. The fraction of sp³-hybridized carbons (Fsp3) is 0.625. The van der Waals surface area contributed by atoms with E-state index in [4.69, 9.17) is 16.3 Å². The molecule has 0 aromatic heterocycles. The van der Waals surface area contributed by atoms with Crippen LogP contribution in [0.2, 0.25) is 5.02 Å². The lowest BCUT2D eigenvalue weighted by molar-refractivity contribution is -0.0421. The maximum Gasteiger partial charge on any atom is 0.0984 e. The highest BCUT2D eigenvalue weighted by Gasteiger charge is 2.26. The van der Waals surface area contributed by atoms with E-state index in [1.165, 1.54) is 0 Å². The van der Waals surface area contributed by atoms with Crippen LogP contribution in [-0.2, 0) is 11.3 Å². The molecule has 1 fully saturated rings. The summed E-state index contributed by atoms with van der Waals surface area (Å²) in [5, 5.41) is 13.6. The smallest absolute Gasteiger partial charge is 0.0984 e. The summed E-state index contributed by atoms with van der Waals surface area (Å²) in [6.45, 7) is 7.48. The molecule has 1 saturated heterocycles. The fourth-order valence-corrected chi connectivity index (χ4v) is 2.99. The molecule has 1 aliphatic heterocycles. The summed E-state index contributed by atoms with van der Waals surface area (Å²) in [7, 11) is 0. The number of aliphatic hydroxyl groups excluding tert-OH is 1. The summed E-state index contributed by atoms with van der Waals surface area (Å²) >= 11 is 6.39. The second-order valence-electron chi connectivity index (χ2n) is 5.57. The van der Waals surface area contributed by atoms with Gasteiger partial charge in [0, 0.05) is 35.9 Å². The molecule has 1 aromatic rings. The molecule has 0 bridgehead atoms. The van der Waals surface area contributed by atoms with Gasteiger partial charge in [0.1, 0.15) is 0 Å². The van der Waals surface area contributed by atoms with Crippen molar-refractivity contribution in [2.45, 2.75) is 39.0 Å². The predicted molar refractivity (Wildman–Crippen MR) is 87.1 cm³/mol. The summed E-state index contributed by atoms with van der Waals surface area (Å²) in [6.07, 6.45) is 1.07. The Balaban J connectivity index is 2.19. The fourth-order valence-electron chi connectivity index (χ4n) is 2.75. The van der Waals surface area contributed by atoms with Crippen molar-refractivity contribution in [2.75, 3.05) is 31.1 Å². The highest BCUT2D eigenvalue weighted by Crippen LogP contribution is 2.29. The third-order valence-corrected chi connectivity index (χ3v) is 4.05. The van der Waals surface area contributed by atoms with E-state index in [-0.39, 0.29) is 18.8 Å². The number of benzene rings is 1. The Morgan fingerprint density at radius 3 is 2.95 bits per heavy atom. The van der Waals surface area contributed by atoms with E-state index in [0.717, 1.165) is 42.3 Å². The summed E-state index contributed by atoms with van der Waals surface area (Å²) in [6, 6.07) is 6.01. The van der Waals surface area contributed by atoms with Crippen molar-refractivity contribution >= 4 is 17.3 Å². The lowest BCUT2D eigenvalue weighted by atomic mass is 10.1. The third kappa shape index (κ3) is 4.33. The van der Waals surface area contributed by atoms with Gasteiger partial charge >= 0.3 is 0 Å². The van der Waals surface area contributed by atoms with Gasteiger partial charge in [0.05, 0.1) is 18.8 Å². The van der Waals surface area contributed by atoms with Crippen molar-refractivity contribution in [3.8, 4) is 0 Å². The number of ether oxygens (including phenoxy) is 1. The van der Waals surface area contributed by atoms with Crippen molar-refractivity contribution in [1.29, 1.82) is 0 Å². The quantitative estimate of drug-likeness (QED) is 0.792. The topological polar surface area (TPSA) is 44.7 Å². The minimum atomic E-state index is -0.135. The number of nitrogens with one attached hydrogen (secondary N) is 1. The molecule has 2 atom stereocenters. The average Bonchev–Trinajstić information content (AvgIpc) is 2.48. The molecule has 118 valence electrons. The summed E-state index contributed by atoms with van der Waals surface area (Å²) in [5.74, 6) is 0. The molecule has 0 saturated carbocycles. The van der Waals surface area contributed by atoms with E-state index in [9.17, 15) is 5.11 Å². The van der Waals surface area contributed by atoms with Gasteiger partial charge < -0.3 is 20.1 Å². The van der Waals surface area contributed by atoms with Crippen LogP contribution in [0.25, 0.3) is 0 Å².